The Kier molecular flexibility index (Phi) is 7.28. The van der Waals surface area contributed by atoms with Crippen molar-refractivity contribution in [3.63, 3.8) is 0 Å². The van der Waals surface area contributed by atoms with Crippen LogP contribution in [0.3, 0.4) is 0 Å². The zero-order chi connectivity index (χ0) is 37.4. The third-order valence-electron chi connectivity index (χ3n) is 12.2. The molecule has 0 fully saturated rings. The molecule has 0 radical (unpaired) electrons. The number of hydrogen-bond acceptors (Lipinski definition) is 1. The maximum absolute atomic E-state index is 2.42. The fraction of sp³-hybridized carbons (Fsp3) is 0.0545. The molecule has 0 aromatic heterocycles. The van der Waals surface area contributed by atoms with Gasteiger partial charge >= 0.3 is 0 Å². The zero-order valence-electron chi connectivity index (χ0n) is 31.5. The van der Waals surface area contributed by atoms with Gasteiger partial charge in [0, 0.05) is 22.5 Å². The van der Waals surface area contributed by atoms with Crippen LogP contribution in [0.5, 0.6) is 0 Å². The number of nitrogens with zero attached hydrogens (tertiary/aromatic N) is 1. The van der Waals surface area contributed by atoms with Gasteiger partial charge in [-0.15, -0.1) is 0 Å². The molecule has 1 heteroatoms. The van der Waals surface area contributed by atoms with Crippen LogP contribution in [0, 0.1) is 0 Å². The van der Waals surface area contributed by atoms with E-state index >= 15 is 0 Å². The van der Waals surface area contributed by atoms with Crippen molar-refractivity contribution in [2.24, 2.45) is 0 Å². The van der Waals surface area contributed by atoms with Gasteiger partial charge in [0.25, 0.3) is 0 Å². The number of benzene rings is 10. The third kappa shape index (κ3) is 5.01. The minimum atomic E-state index is -0.0991. The van der Waals surface area contributed by atoms with Gasteiger partial charge < -0.3 is 4.90 Å². The fourth-order valence-electron chi connectivity index (χ4n) is 9.45. The van der Waals surface area contributed by atoms with E-state index in [2.05, 4.69) is 219 Å². The van der Waals surface area contributed by atoms with Gasteiger partial charge in [-0.25, -0.2) is 0 Å². The first kappa shape index (κ1) is 32.5. The lowest BCUT2D eigenvalue weighted by Crippen LogP contribution is -2.16. The Morgan fingerprint density at radius 1 is 0.321 bits per heavy atom. The van der Waals surface area contributed by atoms with Crippen molar-refractivity contribution in [2.75, 3.05) is 4.90 Å². The molecule has 1 nitrogen and oxygen atoms in total. The van der Waals surface area contributed by atoms with Crippen LogP contribution in [-0.2, 0) is 5.41 Å². The summed E-state index contributed by atoms with van der Waals surface area (Å²) in [6.45, 7) is 4.71. The zero-order valence-corrected chi connectivity index (χ0v) is 31.5. The molecular formula is C55H39N. The minimum absolute atomic E-state index is 0.0991. The largest absolute Gasteiger partial charge is 0.310 e. The molecule has 0 heterocycles. The number of anilines is 3. The van der Waals surface area contributed by atoms with E-state index in [1.807, 2.05) is 0 Å². The highest BCUT2D eigenvalue weighted by atomic mass is 15.1. The predicted molar refractivity (Wildman–Crippen MR) is 240 cm³/mol. The molecular weight excluding hydrogens is 675 g/mol. The highest BCUT2D eigenvalue weighted by Crippen LogP contribution is 2.51. The van der Waals surface area contributed by atoms with Crippen LogP contribution >= 0.6 is 0 Å². The summed E-state index contributed by atoms with van der Waals surface area (Å²) in [5.41, 5.74) is 13.6. The van der Waals surface area contributed by atoms with Crippen molar-refractivity contribution in [3.8, 4) is 33.4 Å². The molecule has 11 rings (SSSR count). The summed E-state index contributed by atoms with van der Waals surface area (Å²) in [6, 6.07) is 73.9. The third-order valence-corrected chi connectivity index (χ3v) is 12.2. The Hall–Kier alpha value is -6.96. The summed E-state index contributed by atoms with van der Waals surface area (Å²) in [5.74, 6) is 0. The maximum Gasteiger partial charge on any atom is 0.0465 e. The van der Waals surface area contributed by atoms with Crippen molar-refractivity contribution in [1.29, 1.82) is 0 Å². The van der Waals surface area contributed by atoms with Crippen LogP contribution in [-0.4, -0.2) is 0 Å². The second-order valence-corrected chi connectivity index (χ2v) is 15.7. The SMILES string of the molecule is CC1(C)c2ccccc2-c2ccc(N(c3ccc(-c4cccc5ccccc45)cc3)c3ccc(-c4cc5ccc6ccccc6c5c5ccccc45)cc3)cc21. The quantitative estimate of drug-likeness (QED) is 0.161. The van der Waals surface area contributed by atoms with Gasteiger partial charge in [-0.1, -0.05) is 172 Å². The number of rotatable bonds is 5. The average molecular weight is 714 g/mol. The van der Waals surface area contributed by atoms with Crippen LogP contribution in [0.1, 0.15) is 25.0 Å². The molecule has 10 aromatic rings. The van der Waals surface area contributed by atoms with Crippen LogP contribution in [0.4, 0.5) is 17.1 Å². The van der Waals surface area contributed by atoms with E-state index in [9.17, 15) is 0 Å². The summed E-state index contributed by atoms with van der Waals surface area (Å²) < 4.78 is 0. The molecule has 1 aliphatic rings. The van der Waals surface area contributed by atoms with E-state index in [-0.39, 0.29) is 5.41 Å². The first-order valence-corrected chi connectivity index (χ1v) is 19.6. The van der Waals surface area contributed by atoms with Gasteiger partial charge in [0.2, 0.25) is 0 Å². The standard InChI is InChI=1S/C55H39N/c1-55(2)52-21-10-9-18-48(52)49-33-32-43(35-53(49)55)56(41-28-24-38(25-29-41)45-20-11-14-36-12-3-5-15-44(36)45)42-30-26-39(27-31-42)51-34-40-23-22-37-13-4-6-16-46(37)54(40)50-19-8-7-17-47(50)51/h3-35H,1-2H3. The van der Waals surface area contributed by atoms with Gasteiger partial charge in [-0.3, -0.25) is 0 Å². The molecule has 10 aromatic carbocycles. The van der Waals surface area contributed by atoms with Gasteiger partial charge in [0.05, 0.1) is 0 Å². The van der Waals surface area contributed by atoms with Crippen molar-refractivity contribution in [2.45, 2.75) is 19.3 Å². The van der Waals surface area contributed by atoms with E-state index < -0.39 is 0 Å². The van der Waals surface area contributed by atoms with Crippen molar-refractivity contribution in [3.05, 3.63) is 211 Å². The molecule has 0 saturated carbocycles. The molecule has 0 N–H and O–H groups in total. The van der Waals surface area contributed by atoms with Crippen LogP contribution in [0.2, 0.25) is 0 Å². The van der Waals surface area contributed by atoms with E-state index in [4.69, 9.17) is 0 Å². The van der Waals surface area contributed by atoms with Gasteiger partial charge in [-0.05, 0) is 130 Å². The summed E-state index contributed by atoms with van der Waals surface area (Å²) in [7, 11) is 0. The van der Waals surface area contributed by atoms with Crippen LogP contribution in [0.15, 0.2) is 200 Å². The normalized spacial score (nSPS) is 13.0. The lowest BCUT2D eigenvalue weighted by molar-refractivity contribution is 0.660. The summed E-state index contributed by atoms with van der Waals surface area (Å²) >= 11 is 0. The van der Waals surface area contributed by atoms with E-state index in [0.717, 1.165) is 17.1 Å². The first-order valence-electron chi connectivity index (χ1n) is 19.6. The number of fused-ring (bicyclic) bond motifs is 9. The summed E-state index contributed by atoms with van der Waals surface area (Å²) in [4.78, 5) is 2.42. The molecule has 0 aliphatic heterocycles. The monoisotopic (exact) mass is 713 g/mol. The van der Waals surface area contributed by atoms with Crippen LogP contribution < -0.4 is 4.90 Å². The van der Waals surface area contributed by atoms with E-state index in [1.54, 1.807) is 0 Å². The Balaban J connectivity index is 1.05. The summed E-state index contributed by atoms with van der Waals surface area (Å²) in [6.07, 6.45) is 0. The van der Waals surface area contributed by atoms with E-state index in [1.165, 1.54) is 87.6 Å². The van der Waals surface area contributed by atoms with Crippen LogP contribution in [0.25, 0.3) is 76.5 Å². The molecule has 264 valence electrons. The predicted octanol–water partition coefficient (Wildman–Crippen LogP) is 15.4. The molecule has 0 amide bonds. The smallest absolute Gasteiger partial charge is 0.0465 e. The lowest BCUT2D eigenvalue weighted by atomic mass is 9.82. The maximum atomic E-state index is 2.42. The minimum Gasteiger partial charge on any atom is -0.310 e. The molecule has 0 spiro atoms. The topological polar surface area (TPSA) is 3.24 Å². The Morgan fingerprint density at radius 3 is 1.59 bits per heavy atom. The molecule has 1 aliphatic carbocycles. The number of hydrogen-bond donors (Lipinski definition) is 0. The lowest BCUT2D eigenvalue weighted by Gasteiger charge is -2.28. The molecule has 0 bridgehead atoms. The highest BCUT2D eigenvalue weighted by molar-refractivity contribution is 6.23. The first-order chi connectivity index (χ1) is 27.5. The van der Waals surface area contributed by atoms with Crippen molar-refractivity contribution < 1.29 is 0 Å². The second kappa shape index (κ2) is 12.5. The Morgan fingerprint density at radius 2 is 0.839 bits per heavy atom. The van der Waals surface area contributed by atoms with Crippen molar-refractivity contribution in [1.82, 2.24) is 0 Å². The second-order valence-electron chi connectivity index (χ2n) is 15.7. The average Bonchev–Trinajstić information content (AvgIpc) is 3.49. The Bertz CT molecular complexity index is 3150. The Labute approximate surface area is 327 Å². The highest BCUT2D eigenvalue weighted by Gasteiger charge is 2.35. The molecule has 56 heavy (non-hydrogen) atoms. The molecule has 0 atom stereocenters. The molecule has 0 unspecified atom stereocenters. The van der Waals surface area contributed by atoms with Gasteiger partial charge in [-0.2, -0.15) is 0 Å². The molecule has 0 saturated heterocycles. The fourth-order valence-corrected chi connectivity index (χ4v) is 9.45. The van der Waals surface area contributed by atoms with E-state index in [0.29, 0.717) is 0 Å². The van der Waals surface area contributed by atoms with Crippen molar-refractivity contribution >= 4 is 60.2 Å². The van der Waals surface area contributed by atoms with Gasteiger partial charge in [0.15, 0.2) is 0 Å². The summed E-state index contributed by atoms with van der Waals surface area (Å²) in [5, 5.41) is 10.2. The van der Waals surface area contributed by atoms with Gasteiger partial charge in [0.1, 0.15) is 0 Å².